The first kappa shape index (κ1) is 16.0. The summed E-state index contributed by atoms with van der Waals surface area (Å²) in [5.74, 6) is -0.493. The van der Waals surface area contributed by atoms with E-state index in [-0.39, 0.29) is 0 Å². The number of hydrogen-bond acceptors (Lipinski definition) is 5. The molecule has 2 N–H and O–H groups in total. The van der Waals surface area contributed by atoms with E-state index in [1.807, 2.05) is 6.07 Å². The highest BCUT2D eigenvalue weighted by molar-refractivity contribution is 5.93. The van der Waals surface area contributed by atoms with Gasteiger partial charge in [0.15, 0.2) is 0 Å². The number of carbonyl (C=O) groups is 1. The smallest absolute Gasteiger partial charge is 0.276 e. The molecular weight excluding hydrogens is 304 g/mol. The number of carbonyl (C=O) groups excluding carboxylic acids is 1. The van der Waals surface area contributed by atoms with Gasteiger partial charge in [-0.15, -0.1) is 0 Å². The van der Waals surface area contributed by atoms with Crippen molar-refractivity contribution in [2.24, 2.45) is 5.41 Å². The molecule has 2 saturated heterocycles. The van der Waals surface area contributed by atoms with E-state index in [9.17, 15) is 4.79 Å². The van der Waals surface area contributed by atoms with E-state index in [2.05, 4.69) is 28.8 Å². The van der Waals surface area contributed by atoms with Gasteiger partial charge in [-0.05, 0) is 43.4 Å². The summed E-state index contributed by atoms with van der Waals surface area (Å²) in [5.41, 5.74) is 4.81. The maximum Gasteiger partial charge on any atom is 0.276 e. The quantitative estimate of drug-likeness (QED) is 0.646. The minimum absolute atomic E-state index is 0.425. The Morgan fingerprint density at radius 2 is 2.29 bits per heavy atom. The lowest BCUT2D eigenvalue weighted by Gasteiger charge is -2.45. The van der Waals surface area contributed by atoms with Crippen LogP contribution in [0.2, 0.25) is 0 Å². The molecule has 130 valence electrons. The van der Waals surface area contributed by atoms with Crippen molar-refractivity contribution in [3.05, 3.63) is 29.1 Å². The van der Waals surface area contributed by atoms with Gasteiger partial charge in [-0.3, -0.25) is 19.9 Å². The third-order valence-corrected chi connectivity index (χ3v) is 6.30. The minimum Gasteiger partial charge on any atom is -0.303 e. The SMILES string of the molecule is CC[C@H]1Cc2ncc(C(=O)NO)cc2CN1CC12CC(C1)N(C)C2. The zero-order valence-corrected chi connectivity index (χ0v) is 14.5. The fraction of sp³-hybridized carbons (Fsp3) is 0.667. The first-order chi connectivity index (χ1) is 11.5. The van der Waals surface area contributed by atoms with Crippen LogP contribution in [0.4, 0.5) is 0 Å². The monoisotopic (exact) mass is 330 g/mol. The average Bonchev–Trinajstić information content (AvgIpc) is 3.04. The van der Waals surface area contributed by atoms with E-state index in [0.29, 0.717) is 17.0 Å². The van der Waals surface area contributed by atoms with Gasteiger partial charge in [-0.25, -0.2) is 5.48 Å². The maximum atomic E-state index is 11.7. The maximum absolute atomic E-state index is 11.7. The molecule has 24 heavy (non-hydrogen) atoms. The van der Waals surface area contributed by atoms with Crippen molar-refractivity contribution in [3.8, 4) is 0 Å². The highest BCUT2D eigenvalue weighted by Gasteiger charge is 2.54. The van der Waals surface area contributed by atoms with Crippen LogP contribution in [-0.4, -0.2) is 58.1 Å². The zero-order valence-electron chi connectivity index (χ0n) is 14.5. The number of rotatable bonds is 4. The Morgan fingerprint density at radius 3 is 2.92 bits per heavy atom. The van der Waals surface area contributed by atoms with Gasteiger partial charge < -0.3 is 4.90 Å². The molecule has 1 amide bonds. The van der Waals surface area contributed by atoms with Crippen molar-refractivity contribution in [3.63, 3.8) is 0 Å². The molecule has 4 aliphatic rings. The van der Waals surface area contributed by atoms with Crippen LogP contribution in [0.25, 0.3) is 0 Å². The van der Waals surface area contributed by atoms with Crippen molar-refractivity contribution < 1.29 is 10.0 Å². The number of pyridine rings is 1. The Hall–Kier alpha value is -1.50. The molecule has 1 atom stereocenters. The lowest BCUT2D eigenvalue weighted by atomic mass is 9.69. The number of hydroxylamine groups is 1. The standard InChI is InChI=1S/C18H26N4O2/c1-3-14-5-16-13(4-12(8-19-16)17(23)20-24)9-22(14)11-18-6-15(7-18)21(2)10-18/h4,8,14-15,24H,3,5-7,9-11H2,1-2H3,(H,20,23)/t14-,15?,18?/m0/s1. The number of nitrogens with zero attached hydrogens (tertiary/aromatic N) is 3. The molecule has 6 nitrogen and oxygen atoms in total. The van der Waals surface area contributed by atoms with Gasteiger partial charge in [-0.1, -0.05) is 6.92 Å². The molecule has 0 aromatic carbocycles. The molecule has 3 fully saturated rings. The van der Waals surface area contributed by atoms with Gasteiger partial charge in [0, 0.05) is 50.0 Å². The summed E-state index contributed by atoms with van der Waals surface area (Å²) >= 11 is 0. The van der Waals surface area contributed by atoms with Crippen molar-refractivity contribution in [2.75, 3.05) is 20.1 Å². The van der Waals surface area contributed by atoms with Crippen LogP contribution < -0.4 is 5.48 Å². The summed E-state index contributed by atoms with van der Waals surface area (Å²) in [4.78, 5) is 21.2. The molecule has 2 bridgehead atoms. The Kier molecular flexibility index (Phi) is 3.86. The predicted octanol–water partition coefficient (Wildman–Crippen LogP) is 1.43. The van der Waals surface area contributed by atoms with Crippen LogP contribution in [0.1, 0.15) is 47.8 Å². The van der Waals surface area contributed by atoms with E-state index in [0.717, 1.165) is 43.2 Å². The van der Waals surface area contributed by atoms with Gasteiger partial charge in [0.05, 0.1) is 5.56 Å². The van der Waals surface area contributed by atoms with E-state index in [1.54, 1.807) is 11.7 Å². The number of aromatic nitrogens is 1. The normalized spacial score (nSPS) is 32.3. The Labute approximate surface area is 142 Å². The van der Waals surface area contributed by atoms with E-state index < -0.39 is 5.91 Å². The zero-order chi connectivity index (χ0) is 16.9. The van der Waals surface area contributed by atoms with Crippen LogP contribution in [-0.2, 0) is 13.0 Å². The number of fused-ring (bicyclic) bond motifs is 2. The molecule has 0 radical (unpaired) electrons. The van der Waals surface area contributed by atoms with Gasteiger partial charge >= 0.3 is 0 Å². The predicted molar refractivity (Wildman–Crippen MR) is 89.8 cm³/mol. The summed E-state index contributed by atoms with van der Waals surface area (Å²) < 4.78 is 0. The molecule has 4 heterocycles. The molecule has 6 heteroatoms. The summed E-state index contributed by atoms with van der Waals surface area (Å²) in [6, 6.07) is 3.21. The van der Waals surface area contributed by atoms with Crippen LogP contribution in [0.5, 0.6) is 0 Å². The summed E-state index contributed by atoms with van der Waals surface area (Å²) in [7, 11) is 2.24. The van der Waals surface area contributed by atoms with Gasteiger partial charge in [-0.2, -0.15) is 0 Å². The van der Waals surface area contributed by atoms with E-state index in [4.69, 9.17) is 5.21 Å². The van der Waals surface area contributed by atoms with Crippen molar-refractivity contribution >= 4 is 5.91 Å². The first-order valence-electron chi connectivity index (χ1n) is 8.90. The molecule has 0 unspecified atom stereocenters. The molecule has 1 saturated carbocycles. The van der Waals surface area contributed by atoms with Crippen LogP contribution >= 0.6 is 0 Å². The number of hydrogen-bond donors (Lipinski definition) is 2. The third kappa shape index (κ3) is 2.53. The molecule has 0 spiro atoms. The highest BCUT2D eigenvalue weighted by Crippen LogP contribution is 2.52. The number of amides is 1. The second-order valence-electron chi connectivity index (χ2n) is 7.92. The van der Waals surface area contributed by atoms with E-state index >= 15 is 0 Å². The Balaban J connectivity index is 1.55. The van der Waals surface area contributed by atoms with Crippen molar-refractivity contribution in [1.82, 2.24) is 20.3 Å². The topological polar surface area (TPSA) is 68.7 Å². The second kappa shape index (κ2) is 5.79. The minimum atomic E-state index is -0.493. The molecule has 1 aromatic heterocycles. The van der Waals surface area contributed by atoms with Gasteiger partial charge in [0.1, 0.15) is 0 Å². The molecule has 5 rings (SSSR count). The van der Waals surface area contributed by atoms with Crippen LogP contribution in [0.15, 0.2) is 12.3 Å². The fourth-order valence-corrected chi connectivity index (χ4v) is 4.98. The molecular formula is C18H26N4O2. The average molecular weight is 330 g/mol. The number of nitrogens with one attached hydrogen (secondary N) is 1. The third-order valence-electron chi connectivity index (χ3n) is 6.30. The van der Waals surface area contributed by atoms with Crippen molar-refractivity contribution in [1.29, 1.82) is 0 Å². The Morgan fingerprint density at radius 1 is 1.50 bits per heavy atom. The largest absolute Gasteiger partial charge is 0.303 e. The molecule has 1 aliphatic carbocycles. The summed E-state index contributed by atoms with van der Waals surface area (Å²) in [6.45, 7) is 5.45. The summed E-state index contributed by atoms with van der Waals surface area (Å²) in [5, 5.41) is 8.84. The van der Waals surface area contributed by atoms with Crippen LogP contribution in [0.3, 0.4) is 0 Å². The Bertz CT molecular complexity index is 656. The van der Waals surface area contributed by atoms with E-state index in [1.165, 1.54) is 19.4 Å². The second-order valence-corrected chi connectivity index (χ2v) is 7.92. The van der Waals surface area contributed by atoms with Gasteiger partial charge in [0.2, 0.25) is 0 Å². The van der Waals surface area contributed by atoms with Crippen LogP contribution in [0, 0.1) is 5.41 Å². The molecule has 1 aromatic rings. The van der Waals surface area contributed by atoms with Crippen molar-refractivity contribution in [2.45, 2.75) is 51.2 Å². The lowest BCUT2D eigenvalue weighted by Crippen LogP contribution is -2.49. The first-order valence-corrected chi connectivity index (χ1v) is 8.90. The molecule has 3 aliphatic heterocycles. The fourth-order valence-electron chi connectivity index (χ4n) is 4.98. The lowest BCUT2D eigenvalue weighted by molar-refractivity contribution is 0.0619. The highest BCUT2D eigenvalue weighted by atomic mass is 16.5. The summed E-state index contributed by atoms with van der Waals surface area (Å²) in [6.07, 6.45) is 6.29. The van der Waals surface area contributed by atoms with Gasteiger partial charge in [0.25, 0.3) is 5.91 Å².